The van der Waals surface area contributed by atoms with E-state index in [0.717, 1.165) is 44.5 Å². The molecule has 2 aliphatic heterocycles. The van der Waals surface area contributed by atoms with E-state index in [2.05, 4.69) is 30.1 Å². The Kier molecular flexibility index (Phi) is 20.9. The summed E-state index contributed by atoms with van der Waals surface area (Å²) in [6, 6.07) is 62.1. The molecular weight excluding hydrogens is 1230 g/mol. The molecule has 0 spiro atoms. The largest absolute Gasteiger partial charge is 0.480 e. The van der Waals surface area contributed by atoms with Gasteiger partial charge in [-0.1, -0.05) is 192 Å². The molecule has 4 heterocycles. The molecule has 8 aromatic carbocycles. The molecule has 0 unspecified atom stereocenters. The molecule has 10 aromatic rings. The maximum Gasteiger partial charge on any atom is 0.326 e. The first-order valence-corrected chi connectivity index (χ1v) is 31.4. The van der Waals surface area contributed by atoms with Crippen LogP contribution in [0.1, 0.15) is 68.7 Å². The second-order valence-corrected chi connectivity index (χ2v) is 24.7. The normalized spacial score (nSPS) is 14.5. The molecule has 0 amide bonds. The summed E-state index contributed by atoms with van der Waals surface area (Å²) in [4.78, 5) is 77.5. The molecule has 12 rings (SSSR count). The van der Waals surface area contributed by atoms with Crippen LogP contribution in [-0.2, 0) is 69.2 Å². The molecule has 20 heteroatoms. The summed E-state index contributed by atoms with van der Waals surface area (Å²) in [5.41, 5.74) is 4.77. The summed E-state index contributed by atoms with van der Waals surface area (Å²) < 4.78 is 62.3. The van der Waals surface area contributed by atoms with Gasteiger partial charge in [0.15, 0.2) is 10.8 Å². The second kappa shape index (κ2) is 30.1. The zero-order valence-corrected chi connectivity index (χ0v) is 53.2. The average molecular weight is 1300 g/mol. The van der Waals surface area contributed by atoms with Crippen LogP contribution < -0.4 is 0 Å². The molecule has 0 radical (unpaired) electrons. The minimum Gasteiger partial charge on any atom is -0.480 e. The van der Waals surface area contributed by atoms with Crippen LogP contribution in [0.25, 0.3) is 67.9 Å². The van der Waals surface area contributed by atoms with Crippen molar-refractivity contribution >= 4 is 29.8 Å². The third-order valence-corrected chi connectivity index (χ3v) is 17.1. The van der Waals surface area contributed by atoms with Gasteiger partial charge < -0.3 is 33.1 Å². The van der Waals surface area contributed by atoms with Gasteiger partial charge in [0.25, 0.3) is 11.8 Å². The van der Waals surface area contributed by atoms with Crippen molar-refractivity contribution < 1.29 is 65.9 Å². The van der Waals surface area contributed by atoms with Gasteiger partial charge in [-0.15, -0.1) is 0 Å². The molecule has 2 fully saturated rings. The lowest BCUT2D eigenvalue weighted by atomic mass is 9.78. The van der Waals surface area contributed by atoms with Crippen LogP contribution in [0.15, 0.2) is 215 Å². The molecule has 96 heavy (non-hydrogen) atoms. The maximum atomic E-state index is 15.0. The Morgan fingerprint density at radius 2 is 0.812 bits per heavy atom. The van der Waals surface area contributed by atoms with Gasteiger partial charge in [-0.3, -0.25) is 33.8 Å². The van der Waals surface area contributed by atoms with E-state index >= 15 is 0 Å². The van der Waals surface area contributed by atoms with Gasteiger partial charge in [0.1, 0.15) is 24.8 Å². The first-order chi connectivity index (χ1) is 46.4. The Morgan fingerprint density at radius 1 is 0.448 bits per heavy atom. The van der Waals surface area contributed by atoms with Crippen molar-refractivity contribution in [1.82, 2.24) is 30.1 Å². The van der Waals surface area contributed by atoms with Crippen molar-refractivity contribution in [3.05, 3.63) is 240 Å². The molecule has 490 valence electrons. The number of rotatable bonds is 20. The van der Waals surface area contributed by atoms with Crippen LogP contribution in [0.4, 0.5) is 8.78 Å². The maximum absolute atomic E-state index is 15.0. The highest BCUT2D eigenvalue weighted by molar-refractivity contribution is 6.00. The zero-order valence-electron chi connectivity index (χ0n) is 53.2. The fraction of sp³-hybridized carbons (Fsp3) is 0.250. The average Bonchev–Trinajstić information content (AvgIpc) is 1.44. The lowest BCUT2D eigenvalue weighted by Gasteiger charge is -2.38. The summed E-state index contributed by atoms with van der Waals surface area (Å²) in [6.07, 6.45) is 0.686. The molecule has 1 N–H and O–H groups in total. The minimum atomic E-state index is -1.55. The number of carboxylic acids is 1. The number of ether oxygens (including phenoxy) is 4. The highest BCUT2D eigenvalue weighted by atomic mass is 19.1. The fourth-order valence-electron chi connectivity index (χ4n) is 11.3. The third-order valence-electron chi connectivity index (χ3n) is 17.1. The minimum absolute atomic E-state index is 0.0169. The van der Waals surface area contributed by atoms with Crippen molar-refractivity contribution in [3.8, 4) is 67.9 Å². The topological polar surface area (TPSA) is 227 Å². The number of carbonyl (C=O) groups excluding carboxylic acids is 4. The quantitative estimate of drug-likeness (QED) is 0.0324. The van der Waals surface area contributed by atoms with Crippen molar-refractivity contribution in [3.63, 3.8) is 0 Å². The SMILES string of the molecule is CC(C)(C)C(=O)OCOC(=O)C1(C(=O)OCc2ccccc2)CCN(Cc2ccc(-c3noc(-c4ccc(-c5ccccc5)c(F)c4)n3)cc2)CC1.O=C(O)C1(C(=O)OCc2ccccc2)CCN(Cc2ccc(-c3noc(-c4ccc(-c5ccccc5)c(F)c4)n3)cc2)CC1. The number of esters is 4. The summed E-state index contributed by atoms with van der Waals surface area (Å²) in [5, 5.41) is 18.2. The molecule has 2 aliphatic rings. The van der Waals surface area contributed by atoms with Crippen LogP contribution in [0, 0.1) is 27.9 Å². The van der Waals surface area contributed by atoms with E-state index in [4.69, 9.17) is 28.0 Å². The molecule has 18 nitrogen and oxygen atoms in total. The third kappa shape index (κ3) is 16.0. The van der Waals surface area contributed by atoms with E-state index in [0.29, 0.717) is 73.2 Å². The summed E-state index contributed by atoms with van der Waals surface area (Å²) in [6.45, 7) is 7.47. The Bertz CT molecular complexity index is 4300. The summed E-state index contributed by atoms with van der Waals surface area (Å²) in [7, 11) is 0. The summed E-state index contributed by atoms with van der Waals surface area (Å²) >= 11 is 0. The summed E-state index contributed by atoms with van der Waals surface area (Å²) in [5.74, 6) is -3.36. The molecule has 2 aromatic heterocycles. The van der Waals surface area contributed by atoms with Gasteiger partial charge in [-0.2, -0.15) is 9.97 Å². The number of aromatic nitrogens is 4. The van der Waals surface area contributed by atoms with Gasteiger partial charge in [0.2, 0.25) is 18.4 Å². The van der Waals surface area contributed by atoms with Gasteiger partial charge in [-0.25, -0.2) is 8.78 Å². The first kappa shape index (κ1) is 66.6. The molecule has 0 atom stereocenters. The predicted octanol–water partition coefficient (Wildman–Crippen LogP) is 14.2. The number of aliphatic carboxylic acids is 1. The van der Waals surface area contributed by atoms with Crippen LogP contribution in [0.5, 0.6) is 0 Å². The molecular formula is C76H70F2N6O12. The van der Waals surface area contributed by atoms with E-state index in [1.165, 1.54) is 12.1 Å². The number of nitrogens with zero attached hydrogens (tertiary/aromatic N) is 6. The van der Waals surface area contributed by atoms with E-state index < -0.39 is 52.9 Å². The fourth-order valence-corrected chi connectivity index (χ4v) is 11.3. The Labute approximate surface area is 553 Å². The number of halogens is 2. The van der Waals surface area contributed by atoms with Gasteiger partial charge in [-0.05, 0) is 104 Å². The van der Waals surface area contributed by atoms with Crippen molar-refractivity contribution in [2.24, 2.45) is 16.2 Å². The highest BCUT2D eigenvalue weighted by Crippen LogP contribution is 2.38. The van der Waals surface area contributed by atoms with Crippen molar-refractivity contribution in [2.45, 2.75) is 72.8 Å². The first-order valence-electron chi connectivity index (χ1n) is 31.4. The van der Waals surface area contributed by atoms with Crippen molar-refractivity contribution in [2.75, 3.05) is 33.0 Å². The Balaban J connectivity index is 0.000000198. The van der Waals surface area contributed by atoms with E-state index in [-0.39, 0.29) is 62.3 Å². The Hall–Kier alpha value is -10.8. The van der Waals surface area contributed by atoms with Crippen LogP contribution in [0.2, 0.25) is 0 Å². The van der Waals surface area contributed by atoms with Crippen LogP contribution in [-0.4, -0.2) is 98.0 Å². The molecule has 0 aliphatic carbocycles. The van der Waals surface area contributed by atoms with Crippen molar-refractivity contribution in [1.29, 1.82) is 0 Å². The van der Waals surface area contributed by atoms with E-state index in [1.807, 2.05) is 170 Å². The lowest BCUT2D eigenvalue weighted by molar-refractivity contribution is -0.188. The monoisotopic (exact) mass is 1300 g/mol. The number of carboxylic acid groups (broad SMARTS) is 1. The lowest BCUT2D eigenvalue weighted by Crippen LogP contribution is -2.50. The number of hydrogen-bond acceptors (Lipinski definition) is 17. The van der Waals surface area contributed by atoms with Crippen LogP contribution in [0.3, 0.4) is 0 Å². The second-order valence-electron chi connectivity index (χ2n) is 24.7. The predicted molar refractivity (Wildman–Crippen MR) is 352 cm³/mol. The molecule has 0 saturated carbocycles. The molecule has 2 saturated heterocycles. The van der Waals surface area contributed by atoms with E-state index in [1.54, 1.807) is 45.0 Å². The van der Waals surface area contributed by atoms with Gasteiger partial charge >= 0.3 is 29.8 Å². The van der Waals surface area contributed by atoms with E-state index in [9.17, 15) is 37.9 Å². The van der Waals surface area contributed by atoms with Crippen LogP contribution >= 0.6 is 0 Å². The van der Waals surface area contributed by atoms with Gasteiger partial charge in [0.05, 0.1) is 5.41 Å². The Morgan fingerprint density at radius 3 is 1.20 bits per heavy atom. The number of likely N-dealkylation sites (tertiary alicyclic amines) is 2. The van der Waals surface area contributed by atoms with Gasteiger partial charge in [0, 0.05) is 72.6 Å². The number of piperidine rings is 2. The zero-order chi connectivity index (χ0) is 67.2. The highest BCUT2D eigenvalue weighted by Gasteiger charge is 2.52. The molecule has 0 bridgehead atoms. The number of hydrogen-bond donors (Lipinski definition) is 1. The number of carbonyl (C=O) groups is 5. The number of benzene rings is 8. The smallest absolute Gasteiger partial charge is 0.326 e. The standard InChI is InChI=1S/C41H40FN3O7.C35H30FN3O5/c1-40(2,3)37(46)50-27-51-39(48)41(38(47)49-26-29-10-6-4-7-11-29)20-22-45(23-21-41)25-28-14-16-31(17-15-28)35-43-36(52-44-35)32-18-19-33(34(42)24-32)30-12-8-5-9-13-30;36-30-21-28(15-16-29(30)26-9-5-2-6-10-26)32-37-31(38-44-32)27-13-11-24(12-14-27)22-39-19-17-35(18-20-39,33(40)41)34(42)43-23-25-7-3-1-4-8-25/h4-19,24H,20-23,25-27H2,1-3H3;1-16,21H,17-20,22-23H2,(H,40,41).